The Morgan fingerprint density at radius 3 is 2.69 bits per heavy atom. The number of hydrogen-bond acceptors (Lipinski definition) is 7. The normalized spacial score (nSPS) is 20.5. The molecule has 32 heavy (non-hydrogen) atoms. The Balaban J connectivity index is 1.37. The van der Waals surface area contributed by atoms with Crippen molar-refractivity contribution in [3.05, 3.63) is 70.7 Å². The Morgan fingerprint density at radius 1 is 1.03 bits per heavy atom. The highest BCUT2D eigenvalue weighted by molar-refractivity contribution is 6.12. The maximum atomic E-state index is 12.8. The molecule has 164 valence electrons. The number of nitrogens with two attached hydrogens (primary N) is 1. The molecule has 0 unspecified atom stereocenters. The Morgan fingerprint density at radius 2 is 1.84 bits per heavy atom. The third-order valence-corrected chi connectivity index (χ3v) is 5.91. The number of benzene rings is 2. The lowest BCUT2D eigenvalue weighted by Crippen LogP contribution is -2.34. The zero-order valence-corrected chi connectivity index (χ0v) is 18.1. The van der Waals surface area contributed by atoms with Crippen LogP contribution in [0.2, 0.25) is 0 Å². The Labute approximate surface area is 187 Å². The molecule has 1 fully saturated rings. The van der Waals surface area contributed by atoms with Gasteiger partial charge < -0.3 is 26.6 Å². The number of aliphatic imine (C=N–C) groups is 2. The van der Waals surface area contributed by atoms with E-state index in [1.54, 1.807) is 0 Å². The van der Waals surface area contributed by atoms with Gasteiger partial charge in [-0.25, -0.2) is 4.99 Å². The minimum atomic E-state index is 0.0725. The smallest absolute Gasteiger partial charge is 0.253 e. The molecule has 3 aliphatic rings. The molecule has 1 saturated heterocycles. The minimum absolute atomic E-state index is 0.0725. The number of rotatable bonds is 2. The van der Waals surface area contributed by atoms with E-state index in [4.69, 9.17) is 10.7 Å². The van der Waals surface area contributed by atoms with Crippen LogP contribution in [-0.4, -0.2) is 55.1 Å². The van der Waals surface area contributed by atoms with E-state index in [1.165, 1.54) is 5.56 Å². The summed E-state index contributed by atoms with van der Waals surface area (Å²) < 4.78 is 0. The molecule has 0 bridgehead atoms. The number of nitrogens with zero attached hydrogens (tertiary/aromatic N) is 3. The molecule has 1 amide bonds. The summed E-state index contributed by atoms with van der Waals surface area (Å²) in [7, 11) is 0. The Kier molecular flexibility index (Phi) is 5.36. The number of amides is 1. The first-order valence-corrected chi connectivity index (χ1v) is 11.0. The summed E-state index contributed by atoms with van der Waals surface area (Å²) in [5.74, 6) is 1.20. The van der Waals surface area contributed by atoms with Crippen LogP contribution in [0.3, 0.4) is 0 Å². The highest BCUT2D eigenvalue weighted by Crippen LogP contribution is 2.33. The van der Waals surface area contributed by atoms with Crippen LogP contribution in [0, 0.1) is 6.92 Å². The van der Waals surface area contributed by atoms with E-state index in [0.717, 1.165) is 61.1 Å². The van der Waals surface area contributed by atoms with Gasteiger partial charge in [-0.3, -0.25) is 9.79 Å². The second kappa shape index (κ2) is 8.47. The average molecular weight is 430 g/mol. The molecule has 0 saturated carbocycles. The largest absolute Gasteiger partial charge is 0.382 e. The number of amidine groups is 1. The molecule has 3 aliphatic heterocycles. The number of aryl methyl sites for hydroxylation is 1. The zero-order chi connectivity index (χ0) is 22.1. The molecule has 0 aromatic heterocycles. The van der Waals surface area contributed by atoms with Gasteiger partial charge >= 0.3 is 0 Å². The van der Waals surface area contributed by atoms with Crippen LogP contribution < -0.4 is 21.7 Å². The predicted octanol–water partition coefficient (Wildman–Crippen LogP) is 2.30. The van der Waals surface area contributed by atoms with Crippen LogP contribution in [0.5, 0.6) is 0 Å². The van der Waals surface area contributed by atoms with E-state index < -0.39 is 0 Å². The second-order valence-corrected chi connectivity index (χ2v) is 8.26. The quantitative estimate of drug-likeness (QED) is 0.586. The maximum absolute atomic E-state index is 12.8. The fraction of sp³-hybridized carbons (Fsp3) is 0.292. The topological polar surface area (TPSA) is 107 Å². The summed E-state index contributed by atoms with van der Waals surface area (Å²) in [5.41, 5.74) is 12.4. The lowest BCUT2D eigenvalue weighted by molar-refractivity contribution is 0.0766. The molecule has 2 aromatic carbocycles. The van der Waals surface area contributed by atoms with Crippen molar-refractivity contribution >= 4 is 28.8 Å². The predicted molar refractivity (Wildman–Crippen MR) is 128 cm³/mol. The van der Waals surface area contributed by atoms with Crippen LogP contribution in [-0.2, 0) is 0 Å². The Hall–Kier alpha value is -3.65. The van der Waals surface area contributed by atoms with E-state index in [-0.39, 0.29) is 5.91 Å². The molecule has 5 rings (SSSR count). The SMILES string of the molecule is Cc1ccc2c(c1)NC(=C1N=C(c3ccc(C(=O)N4CCCNCC4)cc3)CN=C1N)N2. The van der Waals surface area contributed by atoms with E-state index in [2.05, 4.69) is 40.0 Å². The Bertz CT molecular complexity index is 1140. The van der Waals surface area contributed by atoms with E-state index in [1.807, 2.05) is 35.2 Å². The van der Waals surface area contributed by atoms with Crippen molar-refractivity contribution in [1.29, 1.82) is 0 Å². The third kappa shape index (κ3) is 3.97. The van der Waals surface area contributed by atoms with Crippen LogP contribution in [0.1, 0.15) is 27.9 Å². The number of fused-ring (bicyclic) bond motifs is 1. The molecule has 5 N–H and O–H groups in total. The average Bonchev–Trinajstić information content (AvgIpc) is 3.03. The van der Waals surface area contributed by atoms with Crippen molar-refractivity contribution in [2.75, 3.05) is 43.4 Å². The standard InChI is InChI=1S/C24H27N7O/c1-15-3-8-18-19(13-15)30-23(29-18)21-22(25)27-14-20(28-21)16-4-6-17(7-5-16)24(32)31-11-2-9-26-10-12-31/h3-8,13,26,29-30H,2,9-12,14H2,1H3,(H2,25,27). The summed E-state index contributed by atoms with van der Waals surface area (Å²) in [4.78, 5) is 24.0. The maximum Gasteiger partial charge on any atom is 0.253 e. The van der Waals surface area contributed by atoms with Gasteiger partial charge in [-0.1, -0.05) is 18.2 Å². The molecular formula is C24H27N7O. The van der Waals surface area contributed by atoms with Crippen molar-refractivity contribution in [2.24, 2.45) is 15.7 Å². The van der Waals surface area contributed by atoms with Crippen LogP contribution >= 0.6 is 0 Å². The highest BCUT2D eigenvalue weighted by Gasteiger charge is 2.23. The highest BCUT2D eigenvalue weighted by atomic mass is 16.2. The minimum Gasteiger partial charge on any atom is -0.382 e. The summed E-state index contributed by atoms with van der Waals surface area (Å²) in [6, 6.07) is 13.8. The molecular weight excluding hydrogens is 402 g/mol. The fourth-order valence-corrected chi connectivity index (χ4v) is 4.13. The molecule has 0 atom stereocenters. The third-order valence-electron chi connectivity index (χ3n) is 5.91. The molecule has 3 heterocycles. The number of carbonyl (C=O) groups excluding carboxylic acids is 1. The first-order valence-electron chi connectivity index (χ1n) is 11.0. The number of hydrogen-bond donors (Lipinski definition) is 4. The first-order chi connectivity index (χ1) is 15.6. The van der Waals surface area contributed by atoms with Gasteiger partial charge in [-0.15, -0.1) is 0 Å². The molecule has 0 radical (unpaired) electrons. The number of carbonyl (C=O) groups is 1. The molecule has 8 nitrogen and oxygen atoms in total. The lowest BCUT2D eigenvalue weighted by Gasteiger charge is -2.20. The molecule has 8 heteroatoms. The van der Waals surface area contributed by atoms with Crippen LogP contribution in [0.25, 0.3) is 0 Å². The zero-order valence-electron chi connectivity index (χ0n) is 18.1. The van der Waals surface area contributed by atoms with Crippen molar-refractivity contribution in [2.45, 2.75) is 13.3 Å². The molecule has 0 aliphatic carbocycles. The van der Waals surface area contributed by atoms with Crippen molar-refractivity contribution in [1.82, 2.24) is 10.2 Å². The van der Waals surface area contributed by atoms with E-state index in [9.17, 15) is 4.79 Å². The molecule has 0 spiro atoms. The fourth-order valence-electron chi connectivity index (χ4n) is 4.13. The summed E-state index contributed by atoms with van der Waals surface area (Å²) >= 11 is 0. The lowest BCUT2D eigenvalue weighted by atomic mass is 10.1. The van der Waals surface area contributed by atoms with Crippen LogP contribution in [0.4, 0.5) is 11.4 Å². The van der Waals surface area contributed by atoms with Crippen molar-refractivity contribution < 1.29 is 4.79 Å². The van der Waals surface area contributed by atoms with Gasteiger partial charge in [0, 0.05) is 25.2 Å². The van der Waals surface area contributed by atoms with Gasteiger partial charge in [0.05, 0.1) is 23.6 Å². The van der Waals surface area contributed by atoms with Gasteiger partial charge in [0.15, 0.2) is 0 Å². The molecule has 2 aromatic rings. The first kappa shape index (κ1) is 20.3. The van der Waals surface area contributed by atoms with Crippen molar-refractivity contribution in [3.8, 4) is 0 Å². The summed E-state index contributed by atoms with van der Waals surface area (Å²) in [6.07, 6.45) is 0.975. The van der Waals surface area contributed by atoms with Gasteiger partial charge in [0.1, 0.15) is 17.4 Å². The van der Waals surface area contributed by atoms with Gasteiger partial charge in [0.25, 0.3) is 5.91 Å². The summed E-state index contributed by atoms with van der Waals surface area (Å²) in [5, 5.41) is 10.0. The van der Waals surface area contributed by atoms with Gasteiger partial charge in [-0.05, 0) is 55.3 Å². The number of nitrogens with one attached hydrogen (secondary N) is 3. The van der Waals surface area contributed by atoms with Gasteiger partial charge in [-0.2, -0.15) is 0 Å². The number of anilines is 2. The van der Waals surface area contributed by atoms with Crippen LogP contribution in [0.15, 0.2) is 64.0 Å². The van der Waals surface area contributed by atoms with E-state index >= 15 is 0 Å². The van der Waals surface area contributed by atoms with E-state index in [0.29, 0.717) is 23.6 Å². The summed E-state index contributed by atoms with van der Waals surface area (Å²) in [6.45, 7) is 5.77. The van der Waals surface area contributed by atoms with Gasteiger partial charge in [0.2, 0.25) is 0 Å². The van der Waals surface area contributed by atoms with Crippen molar-refractivity contribution in [3.63, 3.8) is 0 Å². The monoisotopic (exact) mass is 429 g/mol. The second-order valence-electron chi connectivity index (χ2n) is 8.26.